The van der Waals surface area contributed by atoms with Crippen LogP contribution in [0.25, 0.3) is 0 Å². The third-order valence-corrected chi connectivity index (χ3v) is 6.46. The van der Waals surface area contributed by atoms with Crippen molar-refractivity contribution in [2.45, 2.75) is 13.1 Å². The van der Waals surface area contributed by atoms with E-state index in [0.29, 0.717) is 20.1 Å². The van der Waals surface area contributed by atoms with E-state index in [9.17, 15) is 0 Å². The molecule has 3 aromatic carbocycles. The van der Waals surface area contributed by atoms with E-state index < -0.39 is 0 Å². The summed E-state index contributed by atoms with van der Waals surface area (Å²) in [5.41, 5.74) is 3.44. The summed E-state index contributed by atoms with van der Waals surface area (Å²) in [4.78, 5) is 2.38. The van der Waals surface area contributed by atoms with Crippen LogP contribution in [0, 0.1) is 0 Å². The number of nitrogens with zero attached hydrogens (tertiary/aromatic N) is 2. The van der Waals surface area contributed by atoms with Crippen LogP contribution in [0.4, 0.5) is 0 Å². The molecule has 3 aromatic rings. The Morgan fingerprint density at radius 2 is 1.34 bits per heavy atom. The van der Waals surface area contributed by atoms with Crippen LogP contribution in [0.5, 0.6) is 0 Å². The second-order valence-corrected chi connectivity index (χ2v) is 8.66. The van der Waals surface area contributed by atoms with Gasteiger partial charge in [-0.3, -0.25) is 9.48 Å². The summed E-state index contributed by atoms with van der Waals surface area (Å²) in [6.45, 7) is 3.37. The minimum atomic E-state index is 0.574. The van der Waals surface area contributed by atoms with Crippen molar-refractivity contribution in [1.82, 2.24) is 4.90 Å². The van der Waals surface area contributed by atoms with Crippen LogP contribution in [0.2, 0.25) is 20.1 Å². The lowest BCUT2D eigenvalue weighted by Crippen LogP contribution is -2.30. The smallest absolute Gasteiger partial charge is 0.253 e. The van der Waals surface area contributed by atoms with Crippen molar-refractivity contribution >= 4 is 52.2 Å². The van der Waals surface area contributed by atoms with Gasteiger partial charge in [0.1, 0.15) is 26.2 Å². The molecule has 0 unspecified atom stereocenters. The highest BCUT2D eigenvalue weighted by molar-refractivity contribution is 6.42. The van der Waals surface area contributed by atoms with Gasteiger partial charge in [0.2, 0.25) is 0 Å². The van der Waals surface area contributed by atoms with Gasteiger partial charge in [-0.2, -0.15) is 0 Å². The predicted octanol–water partition coefficient (Wildman–Crippen LogP) is 6.78. The van der Waals surface area contributed by atoms with E-state index in [0.717, 1.165) is 37.3 Å². The van der Waals surface area contributed by atoms with E-state index >= 15 is 0 Å². The zero-order valence-corrected chi connectivity index (χ0v) is 18.6. The first-order valence-electron chi connectivity index (χ1n) is 9.31. The quantitative estimate of drug-likeness (QED) is 0.377. The molecule has 29 heavy (non-hydrogen) atoms. The third kappa shape index (κ3) is 4.73. The number of amidine groups is 1. The molecule has 0 bridgehead atoms. The molecule has 1 heterocycles. The van der Waals surface area contributed by atoms with Gasteiger partial charge >= 0.3 is 0 Å². The molecular weight excluding hydrogens is 446 g/mol. The summed E-state index contributed by atoms with van der Waals surface area (Å²) in [5, 5.41) is 2.31. The number of benzene rings is 3. The molecule has 0 fully saturated rings. The molecule has 0 saturated carbocycles. The Labute approximate surface area is 190 Å². The van der Waals surface area contributed by atoms with Gasteiger partial charge in [-0.05, 0) is 47.5 Å². The van der Waals surface area contributed by atoms with Crippen LogP contribution in [0.3, 0.4) is 0 Å². The highest BCUT2D eigenvalue weighted by Crippen LogP contribution is 2.26. The molecule has 0 aromatic heterocycles. The van der Waals surface area contributed by atoms with E-state index in [1.807, 2.05) is 42.5 Å². The van der Waals surface area contributed by atoms with Gasteiger partial charge < -0.3 is 0 Å². The summed E-state index contributed by atoms with van der Waals surface area (Å²) >= 11 is 24.6. The highest BCUT2D eigenvalue weighted by atomic mass is 35.5. The lowest BCUT2D eigenvalue weighted by atomic mass is 10.1. The first-order chi connectivity index (χ1) is 14.0. The zero-order chi connectivity index (χ0) is 20.4. The maximum absolute atomic E-state index is 6.23. The van der Waals surface area contributed by atoms with Crippen molar-refractivity contribution in [2.24, 2.45) is 0 Å². The maximum Gasteiger partial charge on any atom is 0.280 e. The lowest BCUT2D eigenvalue weighted by Gasteiger charge is -2.15. The third-order valence-electron chi connectivity index (χ3n) is 4.99. The van der Waals surface area contributed by atoms with Crippen LogP contribution in [-0.2, 0) is 13.1 Å². The average Bonchev–Trinajstić information content (AvgIpc) is 3.10. The van der Waals surface area contributed by atoms with Gasteiger partial charge in [0, 0.05) is 0 Å². The highest BCUT2D eigenvalue weighted by Gasteiger charge is 2.32. The van der Waals surface area contributed by atoms with Crippen molar-refractivity contribution in [3.8, 4) is 0 Å². The van der Waals surface area contributed by atoms with Crippen LogP contribution in [0.15, 0.2) is 66.7 Å². The molecule has 2 nitrogen and oxygen atoms in total. The molecule has 1 aliphatic rings. The van der Waals surface area contributed by atoms with Crippen LogP contribution < -0.4 is 0 Å². The number of rotatable bonds is 5. The largest absolute Gasteiger partial charge is 0.280 e. The first kappa shape index (κ1) is 20.6. The fourth-order valence-electron chi connectivity index (χ4n) is 3.63. The molecule has 0 amide bonds. The molecule has 0 aliphatic carbocycles. The van der Waals surface area contributed by atoms with Gasteiger partial charge in [0.15, 0.2) is 0 Å². The van der Waals surface area contributed by atoms with Crippen molar-refractivity contribution in [1.29, 1.82) is 0 Å². The van der Waals surface area contributed by atoms with Gasteiger partial charge in [-0.25, -0.2) is 0 Å². The summed E-state index contributed by atoms with van der Waals surface area (Å²) in [6.07, 6.45) is 0. The monoisotopic (exact) mass is 463 g/mol. The normalized spacial score (nSPS) is 14.0. The molecule has 1 aliphatic heterocycles. The van der Waals surface area contributed by atoms with E-state index in [1.54, 1.807) is 0 Å². The Hall–Kier alpha value is -1.71. The van der Waals surface area contributed by atoms with Crippen LogP contribution in [-0.4, -0.2) is 28.4 Å². The maximum atomic E-state index is 6.23. The van der Waals surface area contributed by atoms with Gasteiger partial charge in [-0.15, -0.1) is 0 Å². The molecule has 0 N–H and O–H groups in total. The fraction of sp³-hybridized carbons (Fsp3) is 0.174. The Bertz CT molecular complexity index is 1060. The molecule has 0 saturated heterocycles. The Morgan fingerprint density at radius 3 is 2.00 bits per heavy atom. The van der Waals surface area contributed by atoms with Crippen molar-refractivity contribution in [3.63, 3.8) is 0 Å². The zero-order valence-electron chi connectivity index (χ0n) is 15.6. The number of hydrogen-bond acceptors (Lipinski definition) is 1. The van der Waals surface area contributed by atoms with Crippen LogP contribution >= 0.6 is 46.4 Å². The molecule has 0 radical (unpaired) electrons. The summed E-state index contributed by atoms with van der Waals surface area (Å²) in [5.74, 6) is 1.20. The van der Waals surface area contributed by atoms with E-state index in [1.165, 1.54) is 11.4 Å². The number of hydrogen-bond donors (Lipinski definition) is 0. The second-order valence-electron chi connectivity index (χ2n) is 7.03. The predicted molar refractivity (Wildman–Crippen MR) is 123 cm³/mol. The van der Waals surface area contributed by atoms with Gasteiger partial charge in [0.25, 0.3) is 5.84 Å². The SMILES string of the molecule is Clc1ccc(CN2CC[N+](Cc3ccc(Cl)c(Cl)c3)=C2c2ccccc2)cc1Cl. The summed E-state index contributed by atoms with van der Waals surface area (Å²) in [7, 11) is 0. The minimum Gasteiger partial charge on any atom is -0.253 e. The molecule has 6 heteroatoms. The minimum absolute atomic E-state index is 0.574. The van der Waals surface area contributed by atoms with E-state index in [2.05, 4.69) is 33.7 Å². The fourth-order valence-corrected chi connectivity index (χ4v) is 4.27. The molecular formula is C23H19Cl4N2+. The Kier molecular flexibility index (Phi) is 6.36. The summed E-state index contributed by atoms with van der Waals surface area (Å²) in [6, 6.07) is 22.1. The molecule has 0 spiro atoms. The van der Waals surface area contributed by atoms with Gasteiger partial charge in [-0.1, -0.05) is 76.7 Å². The van der Waals surface area contributed by atoms with Crippen molar-refractivity contribution < 1.29 is 4.58 Å². The molecule has 148 valence electrons. The van der Waals surface area contributed by atoms with E-state index in [-0.39, 0.29) is 0 Å². The van der Waals surface area contributed by atoms with Crippen molar-refractivity contribution in [3.05, 3.63) is 104 Å². The van der Waals surface area contributed by atoms with Crippen molar-refractivity contribution in [2.75, 3.05) is 13.1 Å². The number of halogens is 4. The van der Waals surface area contributed by atoms with Crippen LogP contribution in [0.1, 0.15) is 16.7 Å². The summed E-state index contributed by atoms with van der Waals surface area (Å²) < 4.78 is 2.38. The average molecular weight is 465 g/mol. The second kappa shape index (κ2) is 8.97. The standard InChI is InChI=1S/C23H19Cl4N2/c24-19-8-6-16(12-21(19)26)14-28-10-11-29(23(28)18-4-2-1-3-5-18)15-17-7-9-20(25)22(27)13-17/h1-9,12-13H,10-11,14-15H2/q+1. The Balaban J connectivity index is 1.68. The first-order valence-corrected chi connectivity index (χ1v) is 10.8. The lowest BCUT2D eigenvalue weighted by molar-refractivity contribution is -0.533. The van der Waals surface area contributed by atoms with E-state index in [4.69, 9.17) is 46.4 Å². The topological polar surface area (TPSA) is 6.25 Å². The van der Waals surface area contributed by atoms with Gasteiger partial charge in [0.05, 0.1) is 25.7 Å². The Morgan fingerprint density at radius 1 is 0.724 bits per heavy atom. The molecule has 4 rings (SSSR count). The molecule has 0 atom stereocenters.